The highest BCUT2D eigenvalue weighted by molar-refractivity contribution is 5.99. The van der Waals surface area contributed by atoms with Crippen LogP contribution in [-0.4, -0.2) is 23.4 Å². The normalized spacial score (nSPS) is 10.2. The zero-order valence-electron chi connectivity index (χ0n) is 13.1. The number of ether oxygens (including phenoxy) is 1. The molecule has 0 radical (unpaired) electrons. The van der Waals surface area contributed by atoms with Gasteiger partial charge >= 0.3 is 0 Å². The van der Waals surface area contributed by atoms with Crippen LogP contribution in [0.5, 0.6) is 5.75 Å². The maximum atomic E-state index is 12.1. The van der Waals surface area contributed by atoms with E-state index in [2.05, 4.69) is 15.8 Å². The van der Waals surface area contributed by atoms with Crippen LogP contribution >= 0.6 is 0 Å². The van der Waals surface area contributed by atoms with Crippen molar-refractivity contribution < 1.29 is 14.3 Å². The van der Waals surface area contributed by atoms with Gasteiger partial charge in [0, 0.05) is 18.0 Å². The lowest BCUT2D eigenvalue weighted by molar-refractivity contribution is 0.0846. The lowest BCUT2D eigenvalue weighted by Gasteiger charge is -2.10. The van der Waals surface area contributed by atoms with Crippen molar-refractivity contribution in [1.29, 1.82) is 0 Å². The fourth-order valence-electron chi connectivity index (χ4n) is 1.74. The van der Waals surface area contributed by atoms with Gasteiger partial charge in [-0.2, -0.15) is 0 Å². The molecule has 0 aliphatic heterocycles. The Morgan fingerprint density at radius 2 is 1.78 bits per heavy atom. The van der Waals surface area contributed by atoms with Gasteiger partial charge in [0.2, 0.25) is 0 Å². The molecule has 0 atom stereocenters. The highest BCUT2D eigenvalue weighted by Crippen LogP contribution is 2.14. The number of hydrogen-bond acceptors (Lipinski definition) is 4. The van der Waals surface area contributed by atoms with E-state index in [1.54, 1.807) is 42.6 Å². The number of rotatable bonds is 5. The van der Waals surface area contributed by atoms with Crippen molar-refractivity contribution in [2.75, 3.05) is 6.61 Å². The Kier molecular flexibility index (Phi) is 5.68. The van der Waals surface area contributed by atoms with Crippen molar-refractivity contribution in [1.82, 2.24) is 15.8 Å². The Bertz CT molecular complexity index is 672. The van der Waals surface area contributed by atoms with Crippen molar-refractivity contribution in [3.63, 3.8) is 0 Å². The Morgan fingerprint density at radius 3 is 2.43 bits per heavy atom. The first-order valence-corrected chi connectivity index (χ1v) is 7.30. The van der Waals surface area contributed by atoms with E-state index in [1.807, 2.05) is 13.8 Å². The van der Waals surface area contributed by atoms with Gasteiger partial charge in [0.05, 0.1) is 12.2 Å². The monoisotopic (exact) mass is 313 g/mol. The van der Waals surface area contributed by atoms with E-state index in [9.17, 15) is 9.59 Å². The largest absolute Gasteiger partial charge is 0.493 e. The molecule has 2 rings (SSSR count). The van der Waals surface area contributed by atoms with Crippen LogP contribution in [0.15, 0.2) is 48.8 Å². The third-order valence-corrected chi connectivity index (χ3v) is 2.89. The number of benzene rings is 1. The molecular formula is C17H19N3O3. The molecule has 120 valence electrons. The minimum Gasteiger partial charge on any atom is -0.493 e. The number of hydrogen-bond donors (Lipinski definition) is 2. The van der Waals surface area contributed by atoms with E-state index < -0.39 is 11.8 Å². The molecule has 6 nitrogen and oxygen atoms in total. The summed E-state index contributed by atoms with van der Waals surface area (Å²) in [5.74, 6) is 0.159. The van der Waals surface area contributed by atoms with E-state index in [-0.39, 0.29) is 0 Å². The van der Waals surface area contributed by atoms with Crippen molar-refractivity contribution in [3.8, 4) is 5.75 Å². The molecule has 6 heteroatoms. The number of amides is 2. The summed E-state index contributed by atoms with van der Waals surface area (Å²) < 4.78 is 5.58. The molecule has 0 fully saturated rings. The third kappa shape index (κ3) is 5.10. The average Bonchev–Trinajstić information content (AvgIpc) is 2.58. The Morgan fingerprint density at radius 1 is 1.09 bits per heavy atom. The zero-order valence-corrected chi connectivity index (χ0v) is 13.1. The summed E-state index contributed by atoms with van der Waals surface area (Å²) in [5.41, 5.74) is 5.48. The van der Waals surface area contributed by atoms with Crippen molar-refractivity contribution in [2.24, 2.45) is 5.92 Å². The van der Waals surface area contributed by atoms with E-state index in [4.69, 9.17) is 4.74 Å². The first-order valence-electron chi connectivity index (χ1n) is 7.30. The fourth-order valence-corrected chi connectivity index (χ4v) is 1.74. The summed E-state index contributed by atoms with van der Waals surface area (Å²) in [5, 5.41) is 0. The van der Waals surface area contributed by atoms with Crippen molar-refractivity contribution in [2.45, 2.75) is 13.8 Å². The minimum atomic E-state index is -0.432. The van der Waals surface area contributed by atoms with E-state index in [0.717, 1.165) is 0 Å². The van der Waals surface area contributed by atoms with Crippen LogP contribution in [0.2, 0.25) is 0 Å². The number of hydrazine groups is 1. The first-order chi connectivity index (χ1) is 11.1. The average molecular weight is 313 g/mol. The third-order valence-electron chi connectivity index (χ3n) is 2.89. The second-order valence-corrected chi connectivity index (χ2v) is 5.38. The molecule has 0 saturated heterocycles. The number of pyridine rings is 1. The molecule has 2 N–H and O–H groups in total. The van der Waals surface area contributed by atoms with Gasteiger partial charge in [-0.25, -0.2) is 0 Å². The quantitative estimate of drug-likeness (QED) is 0.829. The summed E-state index contributed by atoms with van der Waals surface area (Å²) in [6.45, 7) is 4.66. The lowest BCUT2D eigenvalue weighted by atomic mass is 10.2. The summed E-state index contributed by atoms with van der Waals surface area (Å²) in [6.07, 6.45) is 2.99. The van der Waals surface area contributed by atoms with E-state index in [1.165, 1.54) is 6.20 Å². The molecule has 1 heterocycles. The zero-order chi connectivity index (χ0) is 16.7. The SMILES string of the molecule is CC(C)COc1cccc(C(=O)NNC(=O)c2cccnc2)c1. The number of aromatic nitrogens is 1. The number of carbonyl (C=O) groups excluding carboxylic acids is 2. The van der Waals surface area contributed by atoms with Crippen LogP contribution in [0.3, 0.4) is 0 Å². The maximum Gasteiger partial charge on any atom is 0.271 e. The topological polar surface area (TPSA) is 80.3 Å². The summed E-state index contributed by atoms with van der Waals surface area (Å²) in [6, 6.07) is 10.0. The van der Waals surface area contributed by atoms with Crippen LogP contribution in [0.4, 0.5) is 0 Å². The molecule has 0 aliphatic carbocycles. The predicted molar refractivity (Wildman–Crippen MR) is 85.9 cm³/mol. The highest BCUT2D eigenvalue weighted by atomic mass is 16.5. The summed E-state index contributed by atoms with van der Waals surface area (Å²) >= 11 is 0. The smallest absolute Gasteiger partial charge is 0.271 e. The minimum absolute atomic E-state index is 0.363. The molecule has 2 aromatic rings. The molecular weight excluding hydrogens is 294 g/mol. The highest BCUT2D eigenvalue weighted by Gasteiger charge is 2.10. The van der Waals surface area contributed by atoms with E-state index in [0.29, 0.717) is 29.4 Å². The first kappa shape index (κ1) is 16.5. The molecule has 0 spiro atoms. The van der Waals surface area contributed by atoms with Crippen LogP contribution in [0, 0.1) is 5.92 Å². The maximum absolute atomic E-state index is 12.1. The van der Waals surface area contributed by atoms with Crippen molar-refractivity contribution in [3.05, 3.63) is 59.9 Å². The fraction of sp³-hybridized carbons (Fsp3) is 0.235. The Balaban J connectivity index is 1.93. The Labute approximate surface area is 134 Å². The molecule has 0 saturated carbocycles. The second kappa shape index (κ2) is 7.93. The summed E-state index contributed by atoms with van der Waals surface area (Å²) in [4.78, 5) is 27.8. The number of nitrogens with zero attached hydrogens (tertiary/aromatic N) is 1. The van der Waals surface area contributed by atoms with Crippen LogP contribution in [0.25, 0.3) is 0 Å². The molecule has 2 amide bonds. The van der Waals surface area contributed by atoms with E-state index >= 15 is 0 Å². The molecule has 1 aromatic heterocycles. The van der Waals surface area contributed by atoms with Gasteiger partial charge in [-0.3, -0.25) is 25.4 Å². The van der Waals surface area contributed by atoms with Gasteiger partial charge in [-0.15, -0.1) is 0 Å². The van der Waals surface area contributed by atoms with Gasteiger partial charge in [0.25, 0.3) is 11.8 Å². The van der Waals surface area contributed by atoms with Crippen LogP contribution in [-0.2, 0) is 0 Å². The van der Waals surface area contributed by atoms with Gasteiger partial charge < -0.3 is 4.74 Å². The molecule has 1 aromatic carbocycles. The van der Waals surface area contributed by atoms with Gasteiger partial charge in [-0.05, 0) is 36.2 Å². The lowest BCUT2D eigenvalue weighted by Crippen LogP contribution is -2.41. The second-order valence-electron chi connectivity index (χ2n) is 5.38. The van der Waals surface area contributed by atoms with Gasteiger partial charge in [-0.1, -0.05) is 19.9 Å². The van der Waals surface area contributed by atoms with Crippen molar-refractivity contribution >= 4 is 11.8 Å². The summed E-state index contributed by atoms with van der Waals surface area (Å²) in [7, 11) is 0. The molecule has 0 unspecified atom stereocenters. The number of carbonyl (C=O) groups is 2. The van der Waals surface area contributed by atoms with Crippen LogP contribution < -0.4 is 15.6 Å². The standard InChI is InChI=1S/C17H19N3O3/c1-12(2)11-23-15-7-3-5-13(9-15)16(21)19-20-17(22)14-6-4-8-18-10-14/h3-10,12H,11H2,1-2H3,(H,19,21)(H,20,22). The van der Waals surface area contributed by atoms with Gasteiger partial charge in [0.15, 0.2) is 0 Å². The Hall–Kier alpha value is -2.89. The molecule has 23 heavy (non-hydrogen) atoms. The number of nitrogens with one attached hydrogen (secondary N) is 2. The van der Waals surface area contributed by atoms with Gasteiger partial charge in [0.1, 0.15) is 5.75 Å². The molecule has 0 aliphatic rings. The molecule has 0 bridgehead atoms. The van der Waals surface area contributed by atoms with Crippen LogP contribution in [0.1, 0.15) is 34.6 Å². The predicted octanol–water partition coefficient (Wildman–Crippen LogP) is 2.19.